The normalized spacial score (nSPS) is 19.8. The maximum absolute atomic E-state index is 12.3. The maximum atomic E-state index is 12.3. The number of rotatable bonds is 4. The molecule has 0 radical (unpaired) electrons. The molecule has 2 rings (SSSR count). The lowest BCUT2D eigenvalue weighted by Gasteiger charge is -2.26. The van der Waals surface area contributed by atoms with E-state index in [1.54, 1.807) is 18.0 Å². The molecule has 1 aliphatic rings. The van der Waals surface area contributed by atoms with Crippen LogP contribution in [0.15, 0.2) is 18.2 Å². The van der Waals surface area contributed by atoms with Crippen LogP contribution >= 0.6 is 11.8 Å². The molecule has 1 aromatic carbocycles. The number of hydrogen-bond donors (Lipinski definition) is 3. The van der Waals surface area contributed by atoms with Crippen molar-refractivity contribution in [3.8, 4) is 11.5 Å². The lowest BCUT2D eigenvalue weighted by atomic mass is 10.0. The Bertz CT molecular complexity index is 489. The van der Waals surface area contributed by atoms with Gasteiger partial charge in [-0.05, 0) is 36.3 Å². The van der Waals surface area contributed by atoms with Crippen molar-refractivity contribution in [1.82, 2.24) is 4.90 Å². The van der Waals surface area contributed by atoms with Gasteiger partial charge in [0.25, 0.3) is 0 Å². The molecular weight excluding hydrogens is 276 g/mol. The van der Waals surface area contributed by atoms with Crippen LogP contribution < -0.4 is 5.73 Å². The smallest absolute Gasteiger partial charge is 0.239 e. The van der Waals surface area contributed by atoms with Crippen molar-refractivity contribution in [2.75, 3.05) is 18.6 Å². The Morgan fingerprint density at radius 3 is 2.85 bits per heavy atom. The van der Waals surface area contributed by atoms with Crippen molar-refractivity contribution in [3.63, 3.8) is 0 Å². The molecule has 0 saturated carbocycles. The molecule has 0 bridgehead atoms. The van der Waals surface area contributed by atoms with Crippen molar-refractivity contribution >= 4 is 17.7 Å². The van der Waals surface area contributed by atoms with Gasteiger partial charge in [0, 0.05) is 18.8 Å². The number of phenols is 2. The summed E-state index contributed by atoms with van der Waals surface area (Å²) in [5.41, 5.74) is 6.70. The number of phenolic OH excluding ortho intramolecular Hbond substituents is 2. The van der Waals surface area contributed by atoms with E-state index in [1.807, 2.05) is 11.8 Å². The second-order valence-electron chi connectivity index (χ2n) is 5.10. The Hall–Kier alpha value is -1.40. The van der Waals surface area contributed by atoms with Gasteiger partial charge in [-0.2, -0.15) is 11.8 Å². The van der Waals surface area contributed by atoms with Crippen molar-refractivity contribution in [2.24, 2.45) is 5.73 Å². The molecule has 2 atom stereocenters. The SMILES string of the molecule is CN(C(=O)[C@@H](N)Cc1ccc(O)c(O)c1)C1CCSC1. The number of aromatic hydroxyl groups is 2. The first-order valence-corrected chi connectivity index (χ1v) is 7.75. The monoisotopic (exact) mass is 296 g/mol. The fourth-order valence-electron chi connectivity index (χ4n) is 2.31. The van der Waals surface area contributed by atoms with Gasteiger partial charge in [-0.25, -0.2) is 0 Å². The molecule has 20 heavy (non-hydrogen) atoms. The third-order valence-corrected chi connectivity index (χ3v) is 4.76. The van der Waals surface area contributed by atoms with Gasteiger partial charge in [-0.1, -0.05) is 6.07 Å². The lowest BCUT2D eigenvalue weighted by Crippen LogP contribution is -2.47. The Labute approximate surface area is 122 Å². The van der Waals surface area contributed by atoms with Gasteiger partial charge in [0.15, 0.2) is 11.5 Å². The summed E-state index contributed by atoms with van der Waals surface area (Å²) in [6.07, 6.45) is 1.36. The van der Waals surface area contributed by atoms with Crippen LogP contribution in [0.5, 0.6) is 11.5 Å². The van der Waals surface area contributed by atoms with Gasteiger partial charge >= 0.3 is 0 Å². The number of nitrogens with two attached hydrogens (primary N) is 1. The van der Waals surface area contributed by atoms with Crippen molar-refractivity contribution in [3.05, 3.63) is 23.8 Å². The van der Waals surface area contributed by atoms with E-state index in [2.05, 4.69) is 0 Å². The Kier molecular flexibility index (Phi) is 4.77. The molecule has 1 aliphatic heterocycles. The van der Waals surface area contributed by atoms with E-state index in [0.717, 1.165) is 23.5 Å². The first kappa shape index (κ1) is 15.0. The molecule has 5 nitrogen and oxygen atoms in total. The minimum atomic E-state index is -0.630. The number of hydrogen-bond acceptors (Lipinski definition) is 5. The quantitative estimate of drug-likeness (QED) is 0.720. The molecule has 6 heteroatoms. The molecule has 1 unspecified atom stereocenters. The third kappa shape index (κ3) is 3.37. The molecule has 4 N–H and O–H groups in total. The van der Waals surface area contributed by atoms with E-state index in [1.165, 1.54) is 12.1 Å². The van der Waals surface area contributed by atoms with Crippen LogP contribution in [0.1, 0.15) is 12.0 Å². The van der Waals surface area contributed by atoms with Crippen LogP contribution in [0.25, 0.3) is 0 Å². The predicted octanol–water partition coefficient (Wildman–Crippen LogP) is 0.931. The average molecular weight is 296 g/mol. The summed E-state index contributed by atoms with van der Waals surface area (Å²) >= 11 is 1.85. The van der Waals surface area contributed by atoms with E-state index in [0.29, 0.717) is 6.42 Å². The molecule has 1 fully saturated rings. The number of thioether (sulfide) groups is 1. The average Bonchev–Trinajstić information content (AvgIpc) is 2.95. The zero-order chi connectivity index (χ0) is 14.7. The zero-order valence-electron chi connectivity index (χ0n) is 11.5. The van der Waals surface area contributed by atoms with Gasteiger partial charge in [0.2, 0.25) is 5.91 Å². The Morgan fingerprint density at radius 1 is 1.50 bits per heavy atom. The summed E-state index contributed by atoms with van der Waals surface area (Å²) in [7, 11) is 1.80. The fraction of sp³-hybridized carbons (Fsp3) is 0.500. The molecule has 1 saturated heterocycles. The molecular formula is C14H20N2O3S. The fourth-order valence-corrected chi connectivity index (χ4v) is 3.57. The molecule has 110 valence electrons. The first-order chi connectivity index (χ1) is 9.49. The zero-order valence-corrected chi connectivity index (χ0v) is 12.3. The van der Waals surface area contributed by atoms with E-state index >= 15 is 0 Å². The second kappa shape index (κ2) is 6.37. The van der Waals surface area contributed by atoms with Crippen LogP contribution in [-0.2, 0) is 11.2 Å². The summed E-state index contributed by atoms with van der Waals surface area (Å²) in [5.74, 6) is 1.61. The van der Waals surface area contributed by atoms with Crippen LogP contribution in [0, 0.1) is 0 Å². The molecule has 1 amide bonds. The van der Waals surface area contributed by atoms with Crippen LogP contribution in [0.4, 0.5) is 0 Å². The third-order valence-electron chi connectivity index (χ3n) is 3.61. The highest BCUT2D eigenvalue weighted by Gasteiger charge is 2.27. The van der Waals surface area contributed by atoms with E-state index < -0.39 is 6.04 Å². The Morgan fingerprint density at radius 2 is 2.25 bits per heavy atom. The predicted molar refractivity (Wildman–Crippen MR) is 80.0 cm³/mol. The molecule has 1 heterocycles. The minimum Gasteiger partial charge on any atom is -0.504 e. The standard InChI is InChI=1S/C14H20N2O3S/c1-16(10-4-5-20-8-10)14(19)11(15)6-9-2-3-12(17)13(18)7-9/h2-3,7,10-11,17-18H,4-6,8,15H2,1H3/t10?,11-/m0/s1. The summed E-state index contributed by atoms with van der Waals surface area (Å²) in [6, 6.07) is 4.14. The van der Waals surface area contributed by atoms with Gasteiger partial charge in [0.1, 0.15) is 0 Å². The number of amides is 1. The molecule has 0 spiro atoms. The van der Waals surface area contributed by atoms with Crippen molar-refractivity contribution in [2.45, 2.75) is 24.9 Å². The van der Waals surface area contributed by atoms with Gasteiger partial charge in [0.05, 0.1) is 6.04 Å². The highest BCUT2D eigenvalue weighted by atomic mass is 32.2. The number of likely N-dealkylation sites (N-methyl/N-ethyl adjacent to an activating group) is 1. The summed E-state index contributed by atoms with van der Waals surface area (Å²) in [6.45, 7) is 0. The van der Waals surface area contributed by atoms with Crippen LogP contribution in [-0.4, -0.2) is 51.7 Å². The highest BCUT2D eigenvalue weighted by molar-refractivity contribution is 7.99. The molecule has 1 aromatic rings. The number of carbonyl (C=O) groups excluding carboxylic acids is 1. The largest absolute Gasteiger partial charge is 0.504 e. The summed E-state index contributed by atoms with van der Waals surface area (Å²) in [5, 5.41) is 18.7. The number of nitrogens with zero attached hydrogens (tertiary/aromatic N) is 1. The topological polar surface area (TPSA) is 86.8 Å². The van der Waals surface area contributed by atoms with Gasteiger partial charge in [-0.3, -0.25) is 4.79 Å². The number of benzene rings is 1. The lowest BCUT2D eigenvalue weighted by molar-refractivity contribution is -0.132. The summed E-state index contributed by atoms with van der Waals surface area (Å²) in [4.78, 5) is 14.0. The maximum Gasteiger partial charge on any atom is 0.239 e. The van der Waals surface area contributed by atoms with Gasteiger partial charge in [-0.15, -0.1) is 0 Å². The molecule has 0 aromatic heterocycles. The van der Waals surface area contributed by atoms with Crippen LogP contribution in [0.3, 0.4) is 0 Å². The minimum absolute atomic E-state index is 0.0786. The van der Waals surface area contributed by atoms with Crippen LogP contribution in [0.2, 0.25) is 0 Å². The van der Waals surface area contributed by atoms with Gasteiger partial charge < -0.3 is 20.8 Å². The number of carbonyl (C=O) groups is 1. The van der Waals surface area contributed by atoms with E-state index in [-0.39, 0.29) is 23.4 Å². The second-order valence-corrected chi connectivity index (χ2v) is 6.25. The van der Waals surface area contributed by atoms with E-state index in [4.69, 9.17) is 5.73 Å². The summed E-state index contributed by atoms with van der Waals surface area (Å²) < 4.78 is 0. The van der Waals surface area contributed by atoms with E-state index in [9.17, 15) is 15.0 Å². The Balaban J connectivity index is 1.97. The highest BCUT2D eigenvalue weighted by Crippen LogP contribution is 2.26. The van der Waals surface area contributed by atoms with Crippen molar-refractivity contribution < 1.29 is 15.0 Å². The van der Waals surface area contributed by atoms with Crippen molar-refractivity contribution in [1.29, 1.82) is 0 Å². The molecule has 0 aliphatic carbocycles. The first-order valence-electron chi connectivity index (χ1n) is 6.60.